The van der Waals surface area contributed by atoms with Crippen LogP contribution in [0.4, 0.5) is 0 Å². The van der Waals surface area contributed by atoms with Crippen LogP contribution >= 0.6 is 23.2 Å². The molecule has 0 aliphatic carbocycles. The number of ether oxygens (including phenoxy) is 2. The summed E-state index contributed by atoms with van der Waals surface area (Å²) in [5, 5.41) is 4.58. The number of benzene rings is 2. The van der Waals surface area contributed by atoms with Gasteiger partial charge in [0.25, 0.3) is 0 Å². The van der Waals surface area contributed by atoms with Gasteiger partial charge in [0.05, 0.1) is 29.8 Å². The van der Waals surface area contributed by atoms with Crippen LogP contribution in [0.3, 0.4) is 0 Å². The molecule has 4 nitrogen and oxygen atoms in total. The Bertz CT molecular complexity index is 749. The molecular formula is C20H24Cl2N2O2. The highest BCUT2D eigenvalue weighted by Crippen LogP contribution is 2.39. The lowest BCUT2D eigenvalue weighted by molar-refractivity contribution is 0.198. The fraction of sp³-hybridized carbons (Fsp3) is 0.400. The van der Waals surface area contributed by atoms with Gasteiger partial charge in [0.15, 0.2) is 11.5 Å². The number of hydrogen-bond acceptors (Lipinski definition) is 4. The van der Waals surface area contributed by atoms with Crippen molar-refractivity contribution in [3.05, 3.63) is 57.6 Å². The third-order valence-electron chi connectivity index (χ3n) is 4.60. The van der Waals surface area contributed by atoms with E-state index in [9.17, 15) is 0 Å². The molecule has 3 rings (SSSR count). The molecule has 2 aromatic rings. The maximum Gasteiger partial charge on any atom is 0.161 e. The van der Waals surface area contributed by atoms with Crippen LogP contribution in [-0.2, 0) is 0 Å². The maximum atomic E-state index is 6.59. The van der Waals surface area contributed by atoms with E-state index in [0.29, 0.717) is 16.7 Å². The lowest BCUT2D eigenvalue weighted by Crippen LogP contribution is -2.45. The third kappa shape index (κ3) is 4.09. The first kappa shape index (κ1) is 19.3. The Morgan fingerprint density at radius 2 is 1.88 bits per heavy atom. The topological polar surface area (TPSA) is 33.7 Å². The van der Waals surface area contributed by atoms with Crippen molar-refractivity contribution < 1.29 is 9.47 Å². The highest BCUT2D eigenvalue weighted by Gasteiger charge is 2.27. The normalized spacial score (nSPS) is 16.3. The van der Waals surface area contributed by atoms with Crippen molar-refractivity contribution in [2.24, 2.45) is 0 Å². The Morgan fingerprint density at radius 3 is 2.58 bits per heavy atom. The molecule has 0 bridgehead atoms. The van der Waals surface area contributed by atoms with Gasteiger partial charge in [-0.05, 0) is 36.2 Å². The lowest BCUT2D eigenvalue weighted by Gasteiger charge is -2.36. The summed E-state index contributed by atoms with van der Waals surface area (Å²) < 4.78 is 11.2. The summed E-state index contributed by atoms with van der Waals surface area (Å²) in [7, 11) is 1.65. The van der Waals surface area contributed by atoms with Gasteiger partial charge in [0.2, 0.25) is 0 Å². The van der Waals surface area contributed by atoms with Crippen LogP contribution in [-0.4, -0.2) is 44.8 Å². The second kappa shape index (κ2) is 8.96. The van der Waals surface area contributed by atoms with E-state index in [2.05, 4.69) is 16.3 Å². The fourth-order valence-corrected chi connectivity index (χ4v) is 3.80. The van der Waals surface area contributed by atoms with E-state index < -0.39 is 0 Å². The molecule has 1 saturated heterocycles. The van der Waals surface area contributed by atoms with Crippen LogP contribution in [0.2, 0.25) is 10.0 Å². The largest absolute Gasteiger partial charge is 0.493 e. The molecule has 1 atom stereocenters. The van der Waals surface area contributed by atoms with Gasteiger partial charge in [0.1, 0.15) is 0 Å². The van der Waals surface area contributed by atoms with E-state index in [-0.39, 0.29) is 6.04 Å². The minimum absolute atomic E-state index is 0.00779. The van der Waals surface area contributed by atoms with Gasteiger partial charge in [-0.1, -0.05) is 41.4 Å². The predicted octanol–water partition coefficient (Wildman–Crippen LogP) is 4.40. The number of hydrogen-bond donors (Lipinski definition) is 1. The van der Waals surface area contributed by atoms with Gasteiger partial charge in [0, 0.05) is 26.2 Å². The Kier molecular flexibility index (Phi) is 6.65. The van der Waals surface area contributed by atoms with Gasteiger partial charge in [-0.2, -0.15) is 0 Å². The summed E-state index contributed by atoms with van der Waals surface area (Å²) >= 11 is 12.9. The number of nitrogens with zero attached hydrogens (tertiary/aromatic N) is 1. The van der Waals surface area contributed by atoms with Crippen molar-refractivity contribution in [2.75, 3.05) is 39.9 Å². The standard InChI is InChI=1S/C20H24Cl2N2O2/c1-3-26-18-13-14(7-8-17(18)25-2)20(24-11-9-23-10-12-24)15-5-4-6-16(21)19(15)22/h4-8,13,20,23H,3,9-12H2,1-2H3. The summed E-state index contributed by atoms with van der Waals surface area (Å²) in [6, 6.07) is 11.9. The van der Waals surface area contributed by atoms with E-state index >= 15 is 0 Å². The van der Waals surface area contributed by atoms with Gasteiger partial charge < -0.3 is 14.8 Å². The molecule has 1 aliphatic rings. The van der Waals surface area contributed by atoms with E-state index in [4.69, 9.17) is 32.7 Å². The second-order valence-corrected chi connectivity index (χ2v) is 6.96. The molecule has 140 valence electrons. The van der Waals surface area contributed by atoms with E-state index in [1.54, 1.807) is 7.11 Å². The Labute approximate surface area is 165 Å². The summed E-state index contributed by atoms with van der Waals surface area (Å²) in [6.45, 7) is 6.31. The van der Waals surface area contributed by atoms with E-state index in [1.807, 2.05) is 37.3 Å². The lowest BCUT2D eigenvalue weighted by atomic mass is 9.96. The summed E-state index contributed by atoms with van der Waals surface area (Å²) in [5.74, 6) is 1.47. The first-order chi connectivity index (χ1) is 12.7. The molecule has 0 saturated carbocycles. The molecule has 0 spiro atoms. The Morgan fingerprint density at radius 1 is 1.12 bits per heavy atom. The van der Waals surface area contributed by atoms with Gasteiger partial charge in [-0.3, -0.25) is 4.90 Å². The first-order valence-corrected chi connectivity index (χ1v) is 9.60. The van der Waals surface area contributed by atoms with Crippen molar-refractivity contribution in [3.63, 3.8) is 0 Å². The number of rotatable bonds is 6. The number of methoxy groups -OCH3 is 1. The van der Waals surface area contributed by atoms with E-state index in [0.717, 1.165) is 48.8 Å². The van der Waals surface area contributed by atoms with Gasteiger partial charge >= 0.3 is 0 Å². The molecule has 6 heteroatoms. The van der Waals surface area contributed by atoms with Crippen LogP contribution in [0.25, 0.3) is 0 Å². The molecule has 1 N–H and O–H groups in total. The molecule has 1 fully saturated rings. The highest BCUT2D eigenvalue weighted by atomic mass is 35.5. The zero-order chi connectivity index (χ0) is 18.5. The quantitative estimate of drug-likeness (QED) is 0.787. The molecule has 0 aromatic heterocycles. The average molecular weight is 395 g/mol. The van der Waals surface area contributed by atoms with Crippen molar-refractivity contribution in [1.82, 2.24) is 10.2 Å². The number of piperazine rings is 1. The molecule has 1 unspecified atom stereocenters. The van der Waals surface area contributed by atoms with Gasteiger partial charge in [-0.15, -0.1) is 0 Å². The first-order valence-electron chi connectivity index (χ1n) is 8.85. The molecule has 0 amide bonds. The minimum atomic E-state index is 0.00779. The van der Waals surface area contributed by atoms with Crippen LogP contribution in [0.1, 0.15) is 24.1 Å². The molecular weight excluding hydrogens is 371 g/mol. The zero-order valence-corrected chi connectivity index (χ0v) is 16.6. The molecule has 2 aromatic carbocycles. The zero-order valence-electron chi connectivity index (χ0n) is 15.1. The third-order valence-corrected chi connectivity index (χ3v) is 5.43. The monoisotopic (exact) mass is 394 g/mol. The van der Waals surface area contributed by atoms with Crippen molar-refractivity contribution >= 4 is 23.2 Å². The second-order valence-electron chi connectivity index (χ2n) is 6.17. The number of nitrogens with one attached hydrogen (secondary N) is 1. The Balaban J connectivity index is 2.08. The predicted molar refractivity (Wildman–Crippen MR) is 107 cm³/mol. The summed E-state index contributed by atoms with van der Waals surface area (Å²) in [6.07, 6.45) is 0. The van der Waals surface area contributed by atoms with Crippen LogP contribution < -0.4 is 14.8 Å². The minimum Gasteiger partial charge on any atom is -0.493 e. The SMILES string of the molecule is CCOc1cc(C(c2cccc(Cl)c2Cl)N2CCNCC2)ccc1OC. The smallest absolute Gasteiger partial charge is 0.161 e. The fourth-order valence-electron chi connectivity index (χ4n) is 3.39. The number of halogens is 2. The maximum absolute atomic E-state index is 6.59. The summed E-state index contributed by atoms with van der Waals surface area (Å²) in [5.41, 5.74) is 2.12. The van der Waals surface area contributed by atoms with Crippen LogP contribution in [0.5, 0.6) is 11.5 Å². The van der Waals surface area contributed by atoms with Crippen LogP contribution in [0, 0.1) is 0 Å². The van der Waals surface area contributed by atoms with Crippen LogP contribution in [0.15, 0.2) is 36.4 Å². The molecule has 26 heavy (non-hydrogen) atoms. The van der Waals surface area contributed by atoms with Crippen molar-refractivity contribution in [2.45, 2.75) is 13.0 Å². The molecule has 1 heterocycles. The summed E-state index contributed by atoms with van der Waals surface area (Å²) in [4.78, 5) is 2.42. The molecule has 0 radical (unpaired) electrons. The average Bonchev–Trinajstić information content (AvgIpc) is 2.67. The van der Waals surface area contributed by atoms with Crippen molar-refractivity contribution in [1.29, 1.82) is 0 Å². The van der Waals surface area contributed by atoms with Crippen molar-refractivity contribution in [3.8, 4) is 11.5 Å². The molecule has 1 aliphatic heterocycles. The van der Waals surface area contributed by atoms with E-state index in [1.165, 1.54) is 0 Å². The Hall–Kier alpha value is -1.46. The highest BCUT2D eigenvalue weighted by molar-refractivity contribution is 6.42. The van der Waals surface area contributed by atoms with Gasteiger partial charge in [-0.25, -0.2) is 0 Å².